The minimum Gasteiger partial charge on any atom is -0.508 e. The molecular weight excluding hydrogens is 196 g/mol. The highest BCUT2D eigenvalue weighted by Gasteiger charge is 2.03. The topological polar surface area (TPSA) is 20.2 Å². The number of phenolic OH excluding ortho intramolecular Hbond substituents is 1. The van der Waals surface area contributed by atoms with Gasteiger partial charge in [0.15, 0.2) is 0 Å². The van der Waals surface area contributed by atoms with Crippen LogP contribution in [0.2, 0.25) is 0 Å². The van der Waals surface area contributed by atoms with E-state index in [1.807, 2.05) is 12.1 Å². The first-order valence-electron chi connectivity index (χ1n) is 5.17. The van der Waals surface area contributed by atoms with Crippen molar-refractivity contribution in [2.45, 2.75) is 48.5 Å². The van der Waals surface area contributed by atoms with Gasteiger partial charge in [0.05, 0.1) is 0 Å². The standard InChI is InChI=1S/C13H18O.2CH4/c1-4-10(3)13(5-2)11-7-6-8-12(14)9-11;;/h6-9,14H,4-5H2,1-3H3;2*1H4/b13-10+;;. The Morgan fingerprint density at radius 1 is 1.12 bits per heavy atom. The summed E-state index contributed by atoms with van der Waals surface area (Å²) in [6.45, 7) is 6.47. The monoisotopic (exact) mass is 222 g/mol. The summed E-state index contributed by atoms with van der Waals surface area (Å²) in [4.78, 5) is 0. The Hall–Kier alpha value is -1.24. The van der Waals surface area contributed by atoms with E-state index in [0.717, 1.165) is 18.4 Å². The first kappa shape index (κ1) is 17.2. The van der Waals surface area contributed by atoms with Gasteiger partial charge in [-0.1, -0.05) is 46.4 Å². The van der Waals surface area contributed by atoms with Crippen molar-refractivity contribution in [1.29, 1.82) is 0 Å². The molecule has 0 aliphatic rings. The van der Waals surface area contributed by atoms with E-state index >= 15 is 0 Å². The molecule has 0 atom stereocenters. The van der Waals surface area contributed by atoms with Crippen molar-refractivity contribution in [3.8, 4) is 5.75 Å². The van der Waals surface area contributed by atoms with Gasteiger partial charge < -0.3 is 5.11 Å². The fourth-order valence-corrected chi connectivity index (χ4v) is 1.66. The zero-order valence-corrected chi connectivity index (χ0v) is 9.17. The van der Waals surface area contributed by atoms with E-state index < -0.39 is 0 Å². The van der Waals surface area contributed by atoms with Crippen LogP contribution in [0, 0.1) is 0 Å². The van der Waals surface area contributed by atoms with Crippen molar-refractivity contribution >= 4 is 5.57 Å². The summed E-state index contributed by atoms with van der Waals surface area (Å²) in [7, 11) is 0. The van der Waals surface area contributed by atoms with Crippen molar-refractivity contribution in [2.75, 3.05) is 0 Å². The van der Waals surface area contributed by atoms with Gasteiger partial charge in [0.25, 0.3) is 0 Å². The summed E-state index contributed by atoms with van der Waals surface area (Å²) in [6.07, 6.45) is 2.09. The maximum atomic E-state index is 9.39. The Balaban J connectivity index is 0. The van der Waals surface area contributed by atoms with Crippen LogP contribution in [-0.4, -0.2) is 5.11 Å². The lowest BCUT2D eigenvalue weighted by atomic mass is 9.97. The highest BCUT2D eigenvalue weighted by Crippen LogP contribution is 2.26. The number of rotatable bonds is 3. The largest absolute Gasteiger partial charge is 0.508 e. The van der Waals surface area contributed by atoms with Gasteiger partial charge in [0.1, 0.15) is 5.75 Å². The quantitative estimate of drug-likeness (QED) is 0.739. The summed E-state index contributed by atoms with van der Waals surface area (Å²) >= 11 is 0. The third-order valence-corrected chi connectivity index (χ3v) is 2.59. The highest BCUT2D eigenvalue weighted by molar-refractivity contribution is 5.69. The lowest BCUT2D eigenvalue weighted by molar-refractivity contribution is 0.475. The number of hydrogen-bond acceptors (Lipinski definition) is 1. The van der Waals surface area contributed by atoms with Crippen molar-refractivity contribution in [2.24, 2.45) is 0 Å². The Labute approximate surface area is 101 Å². The van der Waals surface area contributed by atoms with Gasteiger partial charge in [-0.3, -0.25) is 0 Å². The third-order valence-electron chi connectivity index (χ3n) is 2.59. The maximum Gasteiger partial charge on any atom is 0.116 e. The van der Waals surface area contributed by atoms with Crippen LogP contribution in [0.25, 0.3) is 5.57 Å². The van der Waals surface area contributed by atoms with Gasteiger partial charge in [0, 0.05) is 0 Å². The molecule has 0 spiro atoms. The number of hydrogen-bond donors (Lipinski definition) is 1. The van der Waals surface area contributed by atoms with Crippen molar-refractivity contribution in [3.05, 3.63) is 35.4 Å². The Morgan fingerprint density at radius 3 is 2.19 bits per heavy atom. The van der Waals surface area contributed by atoms with Crippen LogP contribution in [0.1, 0.15) is 54.0 Å². The Bertz CT molecular complexity index is 337. The Morgan fingerprint density at radius 2 is 1.75 bits per heavy atom. The van der Waals surface area contributed by atoms with Crippen molar-refractivity contribution < 1.29 is 5.11 Å². The molecule has 0 saturated carbocycles. The van der Waals surface area contributed by atoms with Crippen LogP contribution in [0.3, 0.4) is 0 Å². The molecule has 0 amide bonds. The number of aromatic hydroxyl groups is 1. The summed E-state index contributed by atoms with van der Waals surface area (Å²) < 4.78 is 0. The van der Waals surface area contributed by atoms with Crippen LogP contribution >= 0.6 is 0 Å². The fraction of sp³-hybridized carbons (Fsp3) is 0.467. The van der Waals surface area contributed by atoms with Crippen LogP contribution in [-0.2, 0) is 0 Å². The highest BCUT2D eigenvalue weighted by atomic mass is 16.3. The second-order valence-electron chi connectivity index (χ2n) is 3.52. The average molecular weight is 222 g/mol. The van der Waals surface area contributed by atoms with Crippen LogP contribution in [0.15, 0.2) is 29.8 Å². The molecule has 0 unspecified atom stereocenters. The van der Waals surface area contributed by atoms with Gasteiger partial charge in [-0.2, -0.15) is 0 Å². The van der Waals surface area contributed by atoms with Gasteiger partial charge in [-0.15, -0.1) is 0 Å². The maximum absolute atomic E-state index is 9.39. The predicted molar refractivity (Wildman–Crippen MR) is 74.7 cm³/mol. The van der Waals surface area contributed by atoms with E-state index in [-0.39, 0.29) is 14.9 Å². The van der Waals surface area contributed by atoms with Crippen LogP contribution in [0.5, 0.6) is 5.75 Å². The summed E-state index contributed by atoms with van der Waals surface area (Å²) in [5.41, 5.74) is 3.90. The van der Waals surface area contributed by atoms with Gasteiger partial charge in [0.2, 0.25) is 0 Å². The number of allylic oxidation sites excluding steroid dienone is 2. The molecule has 1 aromatic rings. The van der Waals surface area contributed by atoms with E-state index in [4.69, 9.17) is 0 Å². The molecule has 0 heterocycles. The smallest absolute Gasteiger partial charge is 0.116 e. The minimum absolute atomic E-state index is 0. The average Bonchev–Trinajstić information content (AvgIpc) is 2.19. The molecule has 0 radical (unpaired) electrons. The predicted octanol–water partition coefficient (Wildman–Crippen LogP) is 5.26. The molecule has 0 aliphatic carbocycles. The molecule has 1 heteroatoms. The van der Waals surface area contributed by atoms with E-state index in [1.165, 1.54) is 11.1 Å². The SMILES string of the molecule is C.C.CC/C(C)=C(\CC)c1cccc(O)c1. The minimum atomic E-state index is 0. The second-order valence-corrected chi connectivity index (χ2v) is 3.52. The molecule has 1 aromatic carbocycles. The molecule has 1 rings (SSSR count). The second kappa shape index (κ2) is 7.98. The molecule has 1 N–H and O–H groups in total. The molecule has 0 fully saturated rings. The van der Waals surface area contributed by atoms with Crippen molar-refractivity contribution in [1.82, 2.24) is 0 Å². The number of benzene rings is 1. The molecule has 0 saturated heterocycles. The molecule has 92 valence electrons. The van der Waals surface area contributed by atoms with E-state index in [2.05, 4.69) is 26.8 Å². The normalized spacial score (nSPS) is 10.9. The van der Waals surface area contributed by atoms with Gasteiger partial charge >= 0.3 is 0 Å². The third kappa shape index (κ3) is 4.09. The zero-order valence-electron chi connectivity index (χ0n) is 9.17. The van der Waals surface area contributed by atoms with Crippen LogP contribution < -0.4 is 0 Å². The summed E-state index contributed by atoms with van der Waals surface area (Å²) in [5.74, 6) is 0.345. The molecule has 0 aromatic heterocycles. The van der Waals surface area contributed by atoms with Gasteiger partial charge in [-0.05, 0) is 43.0 Å². The zero-order chi connectivity index (χ0) is 10.6. The summed E-state index contributed by atoms with van der Waals surface area (Å²) in [5, 5.41) is 9.39. The molecular formula is C15H26O. The first-order chi connectivity index (χ1) is 6.69. The summed E-state index contributed by atoms with van der Waals surface area (Å²) in [6, 6.07) is 7.48. The van der Waals surface area contributed by atoms with Crippen molar-refractivity contribution in [3.63, 3.8) is 0 Å². The molecule has 0 bridgehead atoms. The van der Waals surface area contributed by atoms with E-state index in [0.29, 0.717) is 5.75 Å². The molecule has 16 heavy (non-hydrogen) atoms. The van der Waals surface area contributed by atoms with E-state index in [9.17, 15) is 5.11 Å². The Kier molecular flexibility index (Phi) is 8.56. The first-order valence-corrected chi connectivity index (χ1v) is 5.17. The van der Waals surface area contributed by atoms with Crippen LogP contribution in [0.4, 0.5) is 0 Å². The lowest BCUT2D eigenvalue weighted by Gasteiger charge is -2.09. The van der Waals surface area contributed by atoms with Gasteiger partial charge in [-0.25, -0.2) is 0 Å². The van der Waals surface area contributed by atoms with E-state index in [1.54, 1.807) is 6.07 Å². The molecule has 0 aliphatic heterocycles. The lowest BCUT2D eigenvalue weighted by Crippen LogP contribution is -1.87. The fourth-order valence-electron chi connectivity index (χ4n) is 1.66. The number of phenols is 1. The molecule has 1 nitrogen and oxygen atoms in total.